The number of nitrogens with one attached hydrogen (secondary N) is 1. The molecule has 0 amide bonds. The highest BCUT2D eigenvalue weighted by Crippen LogP contribution is 2.21. The number of nitrogens with two attached hydrogens (primary N) is 1. The third kappa shape index (κ3) is 2.47. The highest BCUT2D eigenvalue weighted by molar-refractivity contribution is 9.10. The van der Waals surface area contributed by atoms with Gasteiger partial charge in [0.25, 0.3) is 0 Å². The zero-order valence-corrected chi connectivity index (χ0v) is 9.81. The van der Waals surface area contributed by atoms with E-state index in [1.807, 2.05) is 0 Å². The Bertz CT molecular complexity index is 354. The van der Waals surface area contributed by atoms with Crippen LogP contribution < -0.4 is 5.73 Å². The molecule has 1 rings (SSSR count). The number of anilines is 1. The first-order valence-electron chi connectivity index (χ1n) is 4.04. The Morgan fingerprint density at radius 3 is 2.50 bits per heavy atom. The maximum atomic E-state index is 11.5. The van der Waals surface area contributed by atoms with Gasteiger partial charge in [0, 0.05) is 0 Å². The number of rotatable bonds is 1. The molecule has 0 aromatic carbocycles. The molecule has 0 unspecified atom stereocenters. The highest BCUT2D eigenvalue weighted by Gasteiger charge is 2.23. The third-order valence-corrected chi connectivity index (χ3v) is 1.95. The summed E-state index contributed by atoms with van der Waals surface area (Å²) in [4.78, 5) is 11.5. The summed E-state index contributed by atoms with van der Waals surface area (Å²) in [6.07, 6.45) is 0. The predicted octanol–water partition coefficient (Wildman–Crippen LogP) is 1.71. The molecule has 0 saturated heterocycles. The summed E-state index contributed by atoms with van der Waals surface area (Å²) in [5.74, 6) is -0.531. The fourth-order valence-electron chi connectivity index (χ4n) is 0.811. The quantitative estimate of drug-likeness (QED) is 0.755. The Hall–Kier alpha value is -1.04. The average Bonchev–Trinajstić information content (AvgIpc) is 2.29. The molecular weight excluding hydrogens is 250 g/mol. The molecule has 1 aromatic heterocycles. The first-order chi connectivity index (χ1) is 6.31. The second-order valence-electron chi connectivity index (χ2n) is 3.80. The molecule has 1 heterocycles. The lowest BCUT2D eigenvalue weighted by Gasteiger charge is -2.18. The van der Waals surface area contributed by atoms with Crippen molar-refractivity contribution in [2.24, 2.45) is 0 Å². The van der Waals surface area contributed by atoms with E-state index in [0.29, 0.717) is 4.60 Å². The maximum Gasteiger partial charge on any atom is 0.361 e. The number of hydrogen-bond donors (Lipinski definition) is 2. The summed E-state index contributed by atoms with van der Waals surface area (Å²) in [6.45, 7) is 5.34. The van der Waals surface area contributed by atoms with Gasteiger partial charge in [-0.2, -0.15) is 5.10 Å². The minimum absolute atomic E-state index is 0.104. The van der Waals surface area contributed by atoms with Gasteiger partial charge in [-0.15, -0.1) is 0 Å². The molecular formula is C8H12BrN3O2. The Morgan fingerprint density at radius 2 is 2.14 bits per heavy atom. The van der Waals surface area contributed by atoms with Gasteiger partial charge in [-0.3, -0.25) is 5.10 Å². The molecule has 0 spiro atoms. The number of esters is 1. The monoisotopic (exact) mass is 261 g/mol. The van der Waals surface area contributed by atoms with E-state index in [2.05, 4.69) is 26.1 Å². The van der Waals surface area contributed by atoms with E-state index in [9.17, 15) is 4.79 Å². The standard InChI is InChI=1S/C8H12BrN3O2/c1-8(2,3)14-7(13)5-4(10)6(9)12-11-5/h10H2,1-3H3,(H,11,12). The molecule has 6 heteroatoms. The Kier molecular flexibility index (Phi) is 2.84. The van der Waals surface area contributed by atoms with E-state index in [1.54, 1.807) is 20.8 Å². The number of nitrogen functional groups attached to an aromatic ring is 1. The number of halogens is 1. The fraction of sp³-hybridized carbons (Fsp3) is 0.500. The van der Waals surface area contributed by atoms with Crippen molar-refractivity contribution < 1.29 is 9.53 Å². The molecule has 0 aliphatic carbocycles. The largest absolute Gasteiger partial charge is 0.455 e. The topological polar surface area (TPSA) is 81.0 Å². The van der Waals surface area contributed by atoms with Crippen molar-refractivity contribution in [3.8, 4) is 0 Å². The lowest BCUT2D eigenvalue weighted by Crippen LogP contribution is -2.24. The van der Waals surface area contributed by atoms with Crippen molar-refractivity contribution in [1.29, 1.82) is 0 Å². The summed E-state index contributed by atoms with van der Waals surface area (Å²) >= 11 is 3.11. The highest BCUT2D eigenvalue weighted by atomic mass is 79.9. The smallest absolute Gasteiger partial charge is 0.361 e. The molecule has 0 fully saturated rings. The van der Waals surface area contributed by atoms with Crippen LogP contribution in [0.5, 0.6) is 0 Å². The Morgan fingerprint density at radius 1 is 1.57 bits per heavy atom. The molecule has 0 bridgehead atoms. The predicted molar refractivity (Wildman–Crippen MR) is 55.9 cm³/mol. The van der Waals surface area contributed by atoms with Gasteiger partial charge in [-0.05, 0) is 36.7 Å². The number of ether oxygens (including phenoxy) is 1. The van der Waals surface area contributed by atoms with Crippen LogP contribution in [0.3, 0.4) is 0 Å². The number of aromatic nitrogens is 2. The molecule has 0 atom stereocenters. The molecule has 0 radical (unpaired) electrons. The first kappa shape index (κ1) is 11.0. The molecule has 0 aliphatic heterocycles. The normalized spacial score (nSPS) is 11.4. The molecule has 0 aliphatic rings. The van der Waals surface area contributed by atoms with Gasteiger partial charge >= 0.3 is 5.97 Å². The van der Waals surface area contributed by atoms with Crippen molar-refractivity contribution in [2.45, 2.75) is 26.4 Å². The molecule has 3 N–H and O–H groups in total. The van der Waals surface area contributed by atoms with E-state index < -0.39 is 11.6 Å². The maximum absolute atomic E-state index is 11.5. The van der Waals surface area contributed by atoms with Crippen LogP contribution in [-0.4, -0.2) is 21.8 Å². The van der Waals surface area contributed by atoms with Gasteiger partial charge < -0.3 is 10.5 Å². The van der Waals surface area contributed by atoms with E-state index in [1.165, 1.54) is 0 Å². The van der Waals surface area contributed by atoms with Gasteiger partial charge in [0.15, 0.2) is 5.69 Å². The number of hydrogen-bond acceptors (Lipinski definition) is 4. The molecule has 0 saturated carbocycles. The number of H-pyrrole nitrogens is 1. The Balaban J connectivity index is 2.86. The van der Waals surface area contributed by atoms with Crippen molar-refractivity contribution in [2.75, 3.05) is 5.73 Å². The molecule has 5 nitrogen and oxygen atoms in total. The van der Waals surface area contributed by atoms with Crippen LogP contribution in [0.25, 0.3) is 0 Å². The van der Waals surface area contributed by atoms with Gasteiger partial charge in [0.2, 0.25) is 0 Å². The van der Waals surface area contributed by atoms with Crippen LogP contribution in [0, 0.1) is 0 Å². The summed E-state index contributed by atoms with van der Waals surface area (Å²) in [7, 11) is 0. The Labute approximate surface area is 90.1 Å². The summed E-state index contributed by atoms with van der Waals surface area (Å²) in [5, 5.41) is 6.27. The second kappa shape index (κ2) is 3.61. The minimum atomic E-state index is -0.547. The molecule has 1 aromatic rings. The zero-order valence-electron chi connectivity index (χ0n) is 8.22. The first-order valence-corrected chi connectivity index (χ1v) is 4.83. The zero-order chi connectivity index (χ0) is 10.9. The van der Waals surface area contributed by atoms with E-state index in [0.717, 1.165) is 0 Å². The van der Waals surface area contributed by atoms with Crippen LogP contribution in [0.1, 0.15) is 31.3 Å². The van der Waals surface area contributed by atoms with Crippen LogP contribution in [0.15, 0.2) is 4.60 Å². The number of aromatic amines is 1. The third-order valence-electron chi connectivity index (χ3n) is 1.35. The fourth-order valence-corrected chi connectivity index (χ4v) is 1.09. The lowest BCUT2D eigenvalue weighted by atomic mass is 10.2. The van der Waals surface area contributed by atoms with Crippen molar-refractivity contribution in [1.82, 2.24) is 10.2 Å². The summed E-state index contributed by atoms with van der Waals surface area (Å²) in [5.41, 5.74) is 5.40. The van der Waals surface area contributed by atoms with Gasteiger partial charge in [-0.1, -0.05) is 0 Å². The van der Waals surface area contributed by atoms with Crippen LogP contribution >= 0.6 is 15.9 Å². The van der Waals surface area contributed by atoms with Crippen LogP contribution in [-0.2, 0) is 4.74 Å². The molecule has 14 heavy (non-hydrogen) atoms. The van der Waals surface area contributed by atoms with Gasteiger partial charge in [-0.25, -0.2) is 4.79 Å². The summed E-state index contributed by atoms with van der Waals surface area (Å²) in [6, 6.07) is 0. The summed E-state index contributed by atoms with van der Waals surface area (Å²) < 4.78 is 5.58. The molecule has 78 valence electrons. The number of carbonyl (C=O) groups excluding carboxylic acids is 1. The van der Waals surface area contributed by atoms with Crippen LogP contribution in [0.2, 0.25) is 0 Å². The van der Waals surface area contributed by atoms with E-state index >= 15 is 0 Å². The van der Waals surface area contributed by atoms with Gasteiger partial charge in [0.05, 0.1) is 5.69 Å². The SMILES string of the molecule is CC(C)(C)OC(=O)c1n[nH]c(Br)c1N. The minimum Gasteiger partial charge on any atom is -0.455 e. The lowest BCUT2D eigenvalue weighted by molar-refractivity contribution is 0.00641. The number of carbonyl (C=O) groups is 1. The van der Waals surface area contributed by atoms with Crippen molar-refractivity contribution in [3.05, 3.63) is 10.3 Å². The second-order valence-corrected chi connectivity index (χ2v) is 4.59. The van der Waals surface area contributed by atoms with E-state index in [-0.39, 0.29) is 11.4 Å². The van der Waals surface area contributed by atoms with Crippen molar-refractivity contribution >= 4 is 27.6 Å². The number of nitrogens with zero attached hydrogens (tertiary/aromatic N) is 1. The van der Waals surface area contributed by atoms with E-state index in [4.69, 9.17) is 10.5 Å². The van der Waals surface area contributed by atoms with Crippen LogP contribution in [0.4, 0.5) is 5.69 Å². The average molecular weight is 262 g/mol. The van der Waals surface area contributed by atoms with Crippen molar-refractivity contribution in [3.63, 3.8) is 0 Å². The van der Waals surface area contributed by atoms with Gasteiger partial charge in [0.1, 0.15) is 10.2 Å².